The smallest absolute Gasteiger partial charge is 0.248 e. The van der Waals surface area contributed by atoms with Crippen molar-refractivity contribution in [2.45, 2.75) is 57.0 Å². The first-order valence-corrected chi connectivity index (χ1v) is 16.3. The first-order chi connectivity index (χ1) is 20.1. The van der Waals surface area contributed by atoms with Crippen molar-refractivity contribution in [2.75, 3.05) is 73.2 Å². The summed E-state index contributed by atoms with van der Waals surface area (Å²) in [7, 11) is -0.632. The number of hydrogen-bond donors (Lipinski definition) is 0. The molecule has 0 atom stereocenters. The maximum atomic E-state index is 13.4. The lowest BCUT2D eigenvalue weighted by Gasteiger charge is -2.42. The first-order valence-electron chi connectivity index (χ1n) is 14.8. The van der Waals surface area contributed by atoms with E-state index in [1.165, 1.54) is 24.2 Å². The zero-order valence-electron chi connectivity index (χ0n) is 25.7. The summed E-state index contributed by atoms with van der Waals surface area (Å²) in [6.07, 6.45) is 7.49. The number of methoxy groups -OCH3 is 1. The van der Waals surface area contributed by atoms with E-state index in [1.54, 1.807) is 39.4 Å². The van der Waals surface area contributed by atoms with E-state index >= 15 is 0 Å². The van der Waals surface area contributed by atoms with Gasteiger partial charge in [-0.1, -0.05) is 0 Å². The number of pyridine rings is 1. The molecule has 0 bridgehead atoms. The summed E-state index contributed by atoms with van der Waals surface area (Å²) in [6.45, 7) is 10.6. The van der Waals surface area contributed by atoms with Crippen molar-refractivity contribution in [2.24, 2.45) is 0 Å². The van der Waals surface area contributed by atoms with Crippen LogP contribution in [0.4, 0.5) is 0 Å². The van der Waals surface area contributed by atoms with E-state index in [1.807, 2.05) is 24.0 Å². The van der Waals surface area contributed by atoms with E-state index in [4.69, 9.17) is 14.2 Å². The molecule has 11 heteroatoms. The number of sulfonamides is 1. The number of ether oxygens (including phenoxy) is 3. The zero-order chi connectivity index (χ0) is 30.3. The van der Waals surface area contributed by atoms with Crippen LogP contribution in [0.2, 0.25) is 0 Å². The summed E-state index contributed by atoms with van der Waals surface area (Å²) in [5.74, 6) is 0.566. The molecule has 1 amide bonds. The Balaban J connectivity index is 1.27. The predicted octanol–water partition coefficient (Wildman–Crippen LogP) is 3.28. The highest BCUT2D eigenvalue weighted by Gasteiger charge is 2.38. The number of nitrogens with zero attached hydrogens (tertiary/aromatic N) is 4. The van der Waals surface area contributed by atoms with Crippen LogP contribution < -0.4 is 4.74 Å². The number of aryl methyl sites for hydroxylation is 1. The van der Waals surface area contributed by atoms with Crippen molar-refractivity contribution in [1.29, 1.82) is 0 Å². The first kappa shape index (κ1) is 32.3. The minimum atomic E-state index is -3.74. The molecule has 4 rings (SSSR count). The molecule has 2 aliphatic rings. The van der Waals surface area contributed by atoms with Gasteiger partial charge in [-0.2, -0.15) is 4.31 Å². The van der Waals surface area contributed by atoms with E-state index in [2.05, 4.69) is 9.88 Å². The second-order valence-corrected chi connectivity index (χ2v) is 13.3. The van der Waals surface area contributed by atoms with Crippen LogP contribution in [0.15, 0.2) is 35.5 Å². The van der Waals surface area contributed by atoms with Gasteiger partial charge in [-0.05, 0) is 100.0 Å². The Kier molecular flexibility index (Phi) is 11.0. The number of likely N-dealkylation sites (tertiary alicyclic amines) is 2. The number of rotatable bonds is 13. The van der Waals surface area contributed by atoms with Crippen LogP contribution in [0.5, 0.6) is 5.75 Å². The fourth-order valence-corrected chi connectivity index (χ4v) is 7.65. The maximum absolute atomic E-state index is 13.4. The molecule has 0 saturated carbocycles. The minimum absolute atomic E-state index is 0.0916. The third-order valence-corrected chi connectivity index (χ3v) is 10.9. The molecule has 1 aromatic carbocycles. The molecular formula is C31H46N4O6S. The summed E-state index contributed by atoms with van der Waals surface area (Å²) in [4.78, 5) is 21.7. The summed E-state index contributed by atoms with van der Waals surface area (Å²) in [5, 5.41) is 0. The fraction of sp³-hybridized carbons (Fsp3) is 0.613. The molecule has 3 heterocycles. The van der Waals surface area contributed by atoms with Gasteiger partial charge in [-0.3, -0.25) is 9.78 Å². The highest BCUT2D eigenvalue weighted by Crippen LogP contribution is 2.37. The van der Waals surface area contributed by atoms with Gasteiger partial charge < -0.3 is 24.0 Å². The zero-order valence-corrected chi connectivity index (χ0v) is 26.5. The van der Waals surface area contributed by atoms with Crippen LogP contribution in [0.1, 0.15) is 47.9 Å². The SMILES string of the molecule is COc1cc(C)c(S(=O)(=O)N(C)CCOCC(=O)N2CCC(OCCN3CCCC3)(c3ccncc3)CC2)c(C)c1C. The van der Waals surface area contributed by atoms with Crippen molar-refractivity contribution in [3.8, 4) is 5.75 Å². The fourth-order valence-electron chi connectivity index (χ4n) is 6.02. The average molecular weight is 603 g/mol. The molecule has 0 N–H and O–H groups in total. The number of amides is 1. The minimum Gasteiger partial charge on any atom is -0.496 e. The van der Waals surface area contributed by atoms with E-state index in [9.17, 15) is 13.2 Å². The molecule has 2 saturated heterocycles. The van der Waals surface area contributed by atoms with Crippen molar-refractivity contribution >= 4 is 15.9 Å². The normalized spacial score (nSPS) is 17.6. The van der Waals surface area contributed by atoms with Gasteiger partial charge in [-0.25, -0.2) is 8.42 Å². The molecule has 1 aromatic heterocycles. The second kappa shape index (κ2) is 14.3. The van der Waals surface area contributed by atoms with E-state index in [0.29, 0.717) is 49.4 Å². The molecule has 42 heavy (non-hydrogen) atoms. The molecule has 10 nitrogen and oxygen atoms in total. The summed E-state index contributed by atoms with van der Waals surface area (Å²) in [6, 6.07) is 5.77. The quantitative estimate of drug-likeness (QED) is 0.322. The van der Waals surface area contributed by atoms with Gasteiger partial charge in [0.25, 0.3) is 0 Å². The standard InChI is InChI=1S/C31H46N4O6S/c1-24-22-28(39-5)25(2)26(3)30(24)42(37,38)33(4)18-20-40-23-29(36)35-16-10-31(11-17-35,27-8-12-32-13-9-27)41-21-19-34-14-6-7-15-34/h8-9,12-13,22H,6-7,10-11,14-21,23H2,1-5H3. The number of aromatic nitrogens is 1. The number of benzene rings is 1. The molecule has 232 valence electrons. The Morgan fingerprint density at radius 3 is 2.33 bits per heavy atom. The van der Waals surface area contributed by atoms with Gasteiger partial charge >= 0.3 is 0 Å². The van der Waals surface area contributed by atoms with Crippen molar-refractivity contribution < 1.29 is 27.4 Å². The second-order valence-electron chi connectivity index (χ2n) is 11.4. The van der Waals surface area contributed by atoms with Gasteiger partial charge in [-0.15, -0.1) is 0 Å². The van der Waals surface area contributed by atoms with Crippen LogP contribution >= 0.6 is 0 Å². The van der Waals surface area contributed by atoms with Crippen LogP contribution in [0.3, 0.4) is 0 Å². The molecule has 2 aliphatic heterocycles. The lowest BCUT2D eigenvalue weighted by atomic mass is 9.84. The van der Waals surface area contributed by atoms with Crippen LogP contribution in [-0.2, 0) is 29.9 Å². The molecule has 0 aliphatic carbocycles. The van der Waals surface area contributed by atoms with Gasteiger partial charge in [0.05, 0.1) is 30.8 Å². The van der Waals surface area contributed by atoms with E-state index in [0.717, 1.165) is 30.8 Å². The van der Waals surface area contributed by atoms with Gasteiger partial charge in [0.15, 0.2) is 0 Å². The van der Waals surface area contributed by atoms with Gasteiger partial charge in [0.1, 0.15) is 12.4 Å². The van der Waals surface area contributed by atoms with Crippen molar-refractivity contribution in [1.82, 2.24) is 19.1 Å². The third-order valence-electron chi connectivity index (χ3n) is 8.76. The molecular weight excluding hydrogens is 556 g/mol. The highest BCUT2D eigenvalue weighted by molar-refractivity contribution is 7.89. The summed E-state index contributed by atoms with van der Waals surface area (Å²) in [5.41, 5.74) is 2.76. The topological polar surface area (TPSA) is 102 Å². The van der Waals surface area contributed by atoms with Crippen molar-refractivity contribution in [3.05, 3.63) is 52.8 Å². The van der Waals surface area contributed by atoms with Crippen LogP contribution in [0, 0.1) is 20.8 Å². The van der Waals surface area contributed by atoms with Crippen LogP contribution in [-0.4, -0.2) is 107 Å². The number of hydrogen-bond acceptors (Lipinski definition) is 8. The molecule has 0 radical (unpaired) electrons. The van der Waals surface area contributed by atoms with Crippen molar-refractivity contribution in [3.63, 3.8) is 0 Å². The van der Waals surface area contributed by atoms with Gasteiger partial charge in [0.2, 0.25) is 15.9 Å². The van der Waals surface area contributed by atoms with Gasteiger partial charge in [0, 0.05) is 45.6 Å². The lowest BCUT2D eigenvalue weighted by Crippen LogP contribution is -2.48. The Hall–Kier alpha value is -2.57. The molecule has 2 fully saturated rings. The summed E-state index contributed by atoms with van der Waals surface area (Å²) < 4.78 is 45.6. The highest BCUT2D eigenvalue weighted by atomic mass is 32.2. The number of piperidine rings is 1. The Labute approximate surface area is 251 Å². The molecule has 0 spiro atoms. The third kappa shape index (κ3) is 7.31. The Bertz CT molecular complexity index is 1310. The number of carbonyl (C=O) groups excluding carboxylic acids is 1. The van der Waals surface area contributed by atoms with E-state index < -0.39 is 15.6 Å². The maximum Gasteiger partial charge on any atom is 0.248 e. The number of likely N-dealkylation sites (N-methyl/N-ethyl adjacent to an activating group) is 1. The Morgan fingerprint density at radius 1 is 1.02 bits per heavy atom. The lowest BCUT2D eigenvalue weighted by molar-refractivity contribution is -0.144. The Morgan fingerprint density at radius 2 is 1.69 bits per heavy atom. The molecule has 0 unspecified atom stereocenters. The van der Waals surface area contributed by atoms with E-state index in [-0.39, 0.29) is 30.6 Å². The molecule has 2 aromatic rings. The monoisotopic (exact) mass is 602 g/mol. The van der Waals surface area contributed by atoms with Crippen LogP contribution in [0.25, 0.3) is 0 Å². The summed E-state index contributed by atoms with van der Waals surface area (Å²) >= 11 is 0. The number of carbonyl (C=O) groups is 1. The largest absolute Gasteiger partial charge is 0.496 e. The average Bonchev–Trinajstić information content (AvgIpc) is 3.51. The predicted molar refractivity (Wildman–Crippen MR) is 161 cm³/mol.